The summed E-state index contributed by atoms with van der Waals surface area (Å²) in [6, 6.07) is 0. The number of ketones is 2. The molecule has 1 amide bonds. The number of hydrogen-bond acceptors (Lipinski definition) is 4. The first kappa shape index (κ1) is 27.5. The maximum atomic E-state index is 11.1. The number of allylic oxidation sites excluding steroid dienone is 2. The quantitative estimate of drug-likeness (QED) is 0.195. The molecule has 0 radical (unpaired) electrons. The van der Waals surface area contributed by atoms with Crippen molar-refractivity contribution in [1.29, 1.82) is 0 Å². The van der Waals surface area contributed by atoms with E-state index in [-0.39, 0.29) is 23.4 Å². The lowest BCUT2D eigenvalue weighted by molar-refractivity contribution is -0.130. The molecule has 5 heteroatoms. The van der Waals surface area contributed by atoms with Crippen molar-refractivity contribution < 1.29 is 14.4 Å². The summed E-state index contributed by atoms with van der Waals surface area (Å²) in [5.41, 5.74) is 2.69. The highest BCUT2D eigenvalue weighted by atomic mass is 16.2. The fourth-order valence-electron chi connectivity index (χ4n) is 2.56. The van der Waals surface area contributed by atoms with E-state index in [1.165, 1.54) is 13.8 Å². The molecule has 0 fully saturated rings. The Bertz CT molecular complexity index is 431. The zero-order valence-corrected chi connectivity index (χ0v) is 17.9. The third-order valence-electron chi connectivity index (χ3n) is 4.04. The van der Waals surface area contributed by atoms with Gasteiger partial charge in [0.15, 0.2) is 0 Å². The summed E-state index contributed by atoms with van der Waals surface area (Å²) >= 11 is 0. The Morgan fingerprint density at radius 2 is 1.33 bits per heavy atom. The number of nitrogens with zero attached hydrogens (tertiary/aromatic N) is 1. The first-order valence-corrected chi connectivity index (χ1v) is 9.95. The fraction of sp³-hybridized carbons (Fsp3) is 0.682. The van der Waals surface area contributed by atoms with Gasteiger partial charge in [-0.2, -0.15) is 0 Å². The number of carbonyl (C=O) groups excluding carboxylic acids is 3. The van der Waals surface area contributed by atoms with E-state index in [1.54, 1.807) is 5.01 Å². The molecule has 0 aliphatic carbocycles. The van der Waals surface area contributed by atoms with Gasteiger partial charge in [-0.05, 0) is 52.4 Å². The number of nitrogens with one attached hydrogen (secondary N) is 1. The number of Topliss-reactive ketones (excluding diaryl/α,β-unsaturated/α-hetero) is 2. The van der Waals surface area contributed by atoms with E-state index in [4.69, 9.17) is 0 Å². The van der Waals surface area contributed by atoms with Crippen LogP contribution in [-0.4, -0.2) is 36.6 Å². The van der Waals surface area contributed by atoms with Gasteiger partial charge < -0.3 is 0 Å². The summed E-state index contributed by atoms with van der Waals surface area (Å²) in [5.74, 6) is -0.254. The van der Waals surface area contributed by atoms with Crippen LogP contribution in [0.15, 0.2) is 25.3 Å². The molecule has 0 aliphatic rings. The van der Waals surface area contributed by atoms with E-state index in [0.29, 0.717) is 6.42 Å². The molecular formula is C22H40N2O3. The highest BCUT2D eigenvalue weighted by molar-refractivity contribution is 6.00. The number of hydrogen-bond donors (Lipinski definition) is 1. The summed E-state index contributed by atoms with van der Waals surface area (Å²) in [6.07, 6.45) is 13.6. The lowest BCUT2D eigenvalue weighted by Gasteiger charge is -2.10. The first-order valence-electron chi connectivity index (χ1n) is 9.95. The maximum absolute atomic E-state index is 11.1. The molecule has 0 rings (SSSR count). The Balaban J connectivity index is 0. The normalized spacial score (nSPS) is 10.1. The molecule has 0 unspecified atom stereocenters. The van der Waals surface area contributed by atoms with Gasteiger partial charge in [0, 0.05) is 20.5 Å². The molecule has 0 spiro atoms. The lowest BCUT2D eigenvalue weighted by atomic mass is 9.94. The van der Waals surface area contributed by atoms with Crippen molar-refractivity contribution in [3.05, 3.63) is 25.3 Å². The van der Waals surface area contributed by atoms with Crippen LogP contribution in [-0.2, 0) is 14.4 Å². The van der Waals surface area contributed by atoms with Crippen LogP contribution in [0.5, 0.6) is 0 Å². The van der Waals surface area contributed by atoms with Crippen molar-refractivity contribution in [2.24, 2.45) is 5.92 Å². The third kappa shape index (κ3) is 20.4. The number of unbranched alkanes of at least 4 members (excludes halogenated alkanes) is 6. The topological polar surface area (TPSA) is 66.5 Å². The molecule has 156 valence electrons. The predicted octanol–water partition coefficient (Wildman–Crippen LogP) is 4.63. The number of amides is 1. The molecule has 27 heavy (non-hydrogen) atoms. The highest BCUT2D eigenvalue weighted by Gasteiger charge is 2.18. The van der Waals surface area contributed by atoms with E-state index >= 15 is 0 Å². The SMILES string of the molecule is C=CCCCCC(=O)NN(C)C.C=CCCCCCCC(C(C)=O)C(C)=O. The molecule has 0 aliphatic heterocycles. The number of carbonyl (C=O) groups is 3. The predicted molar refractivity (Wildman–Crippen MR) is 113 cm³/mol. The summed E-state index contributed by atoms with van der Waals surface area (Å²) in [6.45, 7) is 10.3. The monoisotopic (exact) mass is 380 g/mol. The van der Waals surface area contributed by atoms with Crippen LogP contribution in [0.25, 0.3) is 0 Å². The van der Waals surface area contributed by atoms with E-state index < -0.39 is 0 Å². The van der Waals surface area contributed by atoms with Gasteiger partial charge in [0.05, 0.1) is 5.92 Å². The van der Waals surface area contributed by atoms with E-state index in [0.717, 1.165) is 57.8 Å². The van der Waals surface area contributed by atoms with Crippen molar-refractivity contribution in [3.8, 4) is 0 Å². The second kappa shape index (κ2) is 19.0. The van der Waals surface area contributed by atoms with Crippen molar-refractivity contribution in [2.75, 3.05) is 14.1 Å². The molecule has 0 aromatic rings. The van der Waals surface area contributed by atoms with Crippen LogP contribution in [0.2, 0.25) is 0 Å². The average Bonchev–Trinajstić information content (AvgIpc) is 2.57. The van der Waals surface area contributed by atoms with E-state index in [9.17, 15) is 14.4 Å². The lowest BCUT2D eigenvalue weighted by Crippen LogP contribution is -2.35. The average molecular weight is 381 g/mol. The van der Waals surface area contributed by atoms with Crippen molar-refractivity contribution in [1.82, 2.24) is 10.4 Å². The molecule has 0 bridgehead atoms. The maximum Gasteiger partial charge on any atom is 0.234 e. The molecule has 0 aromatic carbocycles. The van der Waals surface area contributed by atoms with Crippen LogP contribution in [0.3, 0.4) is 0 Å². The standard InChI is InChI=1S/C13H22O2.C9H18N2O/c1-4-5-6-7-8-9-10-13(11(2)14)12(3)15;1-4-5-6-7-8-9(12)10-11(2)3/h4,13H,1,5-10H2,2-3H3;4H,1,5-8H2,2-3H3,(H,10,12). The van der Waals surface area contributed by atoms with Crippen LogP contribution in [0.4, 0.5) is 0 Å². The Hall–Kier alpha value is -1.75. The van der Waals surface area contributed by atoms with Crippen LogP contribution >= 0.6 is 0 Å². The minimum Gasteiger partial charge on any atom is -0.299 e. The zero-order valence-electron chi connectivity index (χ0n) is 17.9. The van der Waals surface area contributed by atoms with E-state index in [1.807, 2.05) is 26.2 Å². The molecule has 5 nitrogen and oxygen atoms in total. The largest absolute Gasteiger partial charge is 0.299 e. The van der Waals surface area contributed by atoms with Gasteiger partial charge in [0.25, 0.3) is 0 Å². The van der Waals surface area contributed by atoms with Gasteiger partial charge in [0.1, 0.15) is 11.6 Å². The van der Waals surface area contributed by atoms with Gasteiger partial charge in [-0.15, -0.1) is 13.2 Å². The number of rotatable bonds is 15. The van der Waals surface area contributed by atoms with E-state index in [2.05, 4.69) is 18.6 Å². The summed E-state index contributed by atoms with van der Waals surface area (Å²) in [7, 11) is 3.61. The van der Waals surface area contributed by atoms with Crippen molar-refractivity contribution in [3.63, 3.8) is 0 Å². The molecule has 1 N–H and O–H groups in total. The Morgan fingerprint density at radius 1 is 0.852 bits per heavy atom. The van der Waals surface area contributed by atoms with Crippen LogP contribution < -0.4 is 5.43 Å². The molecule has 0 saturated heterocycles. The third-order valence-corrected chi connectivity index (χ3v) is 4.04. The Kier molecular flexibility index (Phi) is 19.4. The minimum absolute atomic E-state index is 0.00796. The van der Waals surface area contributed by atoms with Crippen LogP contribution in [0.1, 0.15) is 78.1 Å². The highest BCUT2D eigenvalue weighted by Crippen LogP contribution is 2.13. The Labute approximate surface area is 166 Å². The second-order valence-electron chi connectivity index (χ2n) is 7.02. The van der Waals surface area contributed by atoms with Crippen molar-refractivity contribution in [2.45, 2.75) is 78.1 Å². The molecule has 0 saturated carbocycles. The second-order valence-corrected chi connectivity index (χ2v) is 7.02. The Morgan fingerprint density at radius 3 is 1.78 bits per heavy atom. The van der Waals surface area contributed by atoms with Crippen molar-refractivity contribution >= 4 is 17.5 Å². The zero-order chi connectivity index (χ0) is 21.1. The molecular weight excluding hydrogens is 340 g/mol. The molecule has 0 aromatic heterocycles. The molecule has 0 heterocycles. The number of hydrazine groups is 1. The fourth-order valence-corrected chi connectivity index (χ4v) is 2.56. The molecule has 0 atom stereocenters. The summed E-state index contributed by atoms with van der Waals surface area (Å²) < 4.78 is 0. The van der Waals surface area contributed by atoms with Gasteiger partial charge in [-0.25, -0.2) is 5.01 Å². The summed E-state index contributed by atoms with van der Waals surface area (Å²) in [4.78, 5) is 33.3. The minimum atomic E-state index is -0.357. The summed E-state index contributed by atoms with van der Waals surface area (Å²) in [5, 5.41) is 1.66. The van der Waals surface area contributed by atoms with Crippen LogP contribution in [0, 0.1) is 5.92 Å². The van der Waals surface area contributed by atoms with Gasteiger partial charge >= 0.3 is 0 Å². The first-order chi connectivity index (χ1) is 12.8. The van der Waals surface area contributed by atoms with Gasteiger partial charge in [-0.3, -0.25) is 19.8 Å². The van der Waals surface area contributed by atoms with Gasteiger partial charge in [-0.1, -0.05) is 31.4 Å². The van der Waals surface area contributed by atoms with Gasteiger partial charge in [0.2, 0.25) is 5.91 Å². The smallest absolute Gasteiger partial charge is 0.234 e.